The molecule has 10 heteroatoms. The minimum absolute atomic E-state index is 0. The van der Waals surface area contributed by atoms with Gasteiger partial charge in [-0.25, -0.2) is 0 Å². The van der Waals surface area contributed by atoms with Crippen LogP contribution < -0.4 is 5.73 Å². The summed E-state index contributed by atoms with van der Waals surface area (Å²) in [6.45, 7) is 7.16. The van der Waals surface area contributed by atoms with Gasteiger partial charge < -0.3 is 25.0 Å². The van der Waals surface area contributed by atoms with Crippen molar-refractivity contribution in [3.63, 3.8) is 0 Å². The van der Waals surface area contributed by atoms with E-state index in [1.807, 2.05) is 9.80 Å². The number of halogens is 2. The van der Waals surface area contributed by atoms with E-state index in [9.17, 15) is 9.59 Å². The van der Waals surface area contributed by atoms with Gasteiger partial charge in [-0.3, -0.25) is 14.5 Å². The number of carbonyl (C=O) groups excluding carboxylic acids is 2. The maximum absolute atomic E-state index is 12.6. The summed E-state index contributed by atoms with van der Waals surface area (Å²) in [6, 6.07) is -0.426. The molecule has 0 aliphatic carbocycles. The molecule has 2 amide bonds. The molecule has 27 heavy (non-hydrogen) atoms. The van der Waals surface area contributed by atoms with Gasteiger partial charge in [-0.1, -0.05) is 0 Å². The van der Waals surface area contributed by atoms with Gasteiger partial charge in [0.2, 0.25) is 11.8 Å². The van der Waals surface area contributed by atoms with Gasteiger partial charge in [-0.05, 0) is 18.8 Å². The van der Waals surface area contributed by atoms with E-state index in [-0.39, 0.29) is 42.5 Å². The molecule has 2 N–H and O–H groups in total. The maximum Gasteiger partial charge on any atom is 0.239 e. The molecule has 0 saturated carbocycles. The predicted molar refractivity (Wildman–Crippen MR) is 106 cm³/mol. The topological polar surface area (TPSA) is 88.3 Å². The molecule has 3 aliphatic heterocycles. The van der Waals surface area contributed by atoms with Crippen molar-refractivity contribution in [3.05, 3.63) is 0 Å². The lowest BCUT2D eigenvalue weighted by Gasteiger charge is -2.38. The van der Waals surface area contributed by atoms with Gasteiger partial charge in [0.15, 0.2) is 0 Å². The minimum Gasteiger partial charge on any atom is -0.381 e. The molecule has 3 aliphatic rings. The van der Waals surface area contributed by atoms with Crippen LogP contribution in [0.25, 0.3) is 0 Å². The number of ether oxygens (including phenoxy) is 2. The van der Waals surface area contributed by atoms with E-state index in [0.717, 1.165) is 25.9 Å². The molecule has 3 heterocycles. The number of amides is 2. The summed E-state index contributed by atoms with van der Waals surface area (Å²) in [5, 5.41) is 0. The van der Waals surface area contributed by atoms with E-state index in [1.54, 1.807) is 0 Å². The number of nitrogens with two attached hydrogens (primary N) is 1. The lowest BCUT2D eigenvalue weighted by molar-refractivity contribution is -0.139. The first-order valence-corrected chi connectivity index (χ1v) is 9.35. The third-order valence-corrected chi connectivity index (χ3v) is 5.47. The van der Waals surface area contributed by atoms with Gasteiger partial charge in [-0.15, -0.1) is 24.8 Å². The zero-order valence-corrected chi connectivity index (χ0v) is 17.3. The summed E-state index contributed by atoms with van der Waals surface area (Å²) in [5.41, 5.74) is 6.20. The molecule has 3 rings (SSSR count). The van der Waals surface area contributed by atoms with Crippen LogP contribution in [0.15, 0.2) is 0 Å². The second kappa shape index (κ2) is 12.0. The molecule has 0 aromatic carbocycles. The van der Waals surface area contributed by atoms with Gasteiger partial charge in [0.05, 0.1) is 25.8 Å². The van der Waals surface area contributed by atoms with Crippen LogP contribution in [0, 0.1) is 5.92 Å². The number of hydrogen-bond acceptors (Lipinski definition) is 6. The highest BCUT2D eigenvalue weighted by Gasteiger charge is 2.32. The predicted octanol–water partition coefficient (Wildman–Crippen LogP) is -0.413. The first-order chi connectivity index (χ1) is 12.1. The number of carbonyl (C=O) groups is 2. The largest absolute Gasteiger partial charge is 0.381 e. The fraction of sp³-hybridized carbons (Fsp3) is 0.882. The van der Waals surface area contributed by atoms with Gasteiger partial charge in [0.1, 0.15) is 0 Å². The number of rotatable bonds is 4. The third kappa shape index (κ3) is 6.73. The Morgan fingerprint density at radius 3 is 2.00 bits per heavy atom. The normalized spacial score (nSPS) is 23.1. The van der Waals surface area contributed by atoms with Crippen LogP contribution in [0.1, 0.15) is 12.8 Å². The van der Waals surface area contributed by atoms with Crippen molar-refractivity contribution >= 4 is 36.6 Å². The molecule has 0 spiro atoms. The fourth-order valence-electron chi connectivity index (χ4n) is 3.72. The Balaban J connectivity index is 0.00000182. The van der Waals surface area contributed by atoms with Crippen LogP contribution in [0.2, 0.25) is 0 Å². The number of hydrogen-bond donors (Lipinski definition) is 1. The Kier molecular flexibility index (Phi) is 10.9. The average Bonchev–Trinajstić information content (AvgIpc) is 2.69. The summed E-state index contributed by atoms with van der Waals surface area (Å²) in [5.74, 6) is 0.426. The SMILES string of the molecule is Cl.Cl.NC(C(=O)N1CCN(CC(=O)N2CCOCC2)CC1)C1CCOCC1. The van der Waals surface area contributed by atoms with Crippen LogP contribution in [-0.2, 0) is 19.1 Å². The first-order valence-electron chi connectivity index (χ1n) is 9.35. The molecule has 0 bridgehead atoms. The first kappa shape index (κ1) is 24.4. The van der Waals surface area contributed by atoms with Crippen molar-refractivity contribution < 1.29 is 19.1 Å². The Morgan fingerprint density at radius 2 is 1.41 bits per heavy atom. The highest BCUT2D eigenvalue weighted by atomic mass is 35.5. The van der Waals surface area contributed by atoms with Crippen LogP contribution in [0.4, 0.5) is 0 Å². The third-order valence-electron chi connectivity index (χ3n) is 5.47. The molecule has 1 atom stereocenters. The summed E-state index contributed by atoms with van der Waals surface area (Å²) in [4.78, 5) is 30.8. The molecule has 0 aromatic heterocycles. The molecule has 8 nitrogen and oxygen atoms in total. The average molecular weight is 427 g/mol. The van der Waals surface area contributed by atoms with E-state index in [0.29, 0.717) is 59.2 Å². The lowest BCUT2D eigenvalue weighted by atomic mass is 9.91. The molecular weight excluding hydrogens is 395 g/mol. The number of nitrogens with zero attached hydrogens (tertiary/aromatic N) is 3. The van der Waals surface area contributed by atoms with E-state index in [4.69, 9.17) is 15.2 Å². The Labute approximate surface area is 173 Å². The number of morpholine rings is 1. The molecule has 3 saturated heterocycles. The zero-order chi connectivity index (χ0) is 17.6. The zero-order valence-electron chi connectivity index (χ0n) is 15.7. The Hall–Kier alpha value is -0.640. The van der Waals surface area contributed by atoms with E-state index in [1.165, 1.54) is 0 Å². The highest BCUT2D eigenvalue weighted by molar-refractivity contribution is 5.85. The second-order valence-electron chi connectivity index (χ2n) is 7.07. The van der Waals surface area contributed by atoms with Crippen molar-refractivity contribution in [3.8, 4) is 0 Å². The van der Waals surface area contributed by atoms with Crippen molar-refractivity contribution in [2.75, 3.05) is 72.2 Å². The summed E-state index contributed by atoms with van der Waals surface area (Å²) in [7, 11) is 0. The Morgan fingerprint density at radius 1 is 0.852 bits per heavy atom. The van der Waals surface area contributed by atoms with Crippen LogP contribution in [0.5, 0.6) is 0 Å². The highest BCUT2D eigenvalue weighted by Crippen LogP contribution is 2.19. The number of piperazine rings is 1. The molecule has 1 unspecified atom stereocenters. The molecule has 0 radical (unpaired) electrons. The van der Waals surface area contributed by atoms with Gasteiger partial charge in [-0.2, -0.15) is 0 Å². The van der Waals surface area contributed by atoms with Gasteiger partial charge in [0.25, 0.3) is 0 Å². The van der Waals surface area contributed by atoms with E-state index < -0.39 is 6.04 Å². The molecular formula is C17H32Cl2N4O4. The monoisotopic (exact) mass is 426 g/mol. The summed E-state index contributed by atoms with van der Waals surface area (Å²) in [6.07, 6.45) is 1.72. The standard InChI is InChI=1S/C17H30N4O4.2ClH/c18-16(14-1-9-24-10-2-14)17(23)21-5-3-19(4-6-21)13-15(22)20-7-11-25-12-8-20;;/h14,16H,1-13,18H2;2*1H. The van der Waals surface area contributed by atoms with Gasteiger partial charge >= 0.3 is 0 Å². The van der Waals surface area contributed by atoms with Crippen molar-refractivity contribution in [1.29, 1.82) is 0 Å². The Bertz CT molecular complexity index is 466. The second-order valence-corrected chi connectivity index (χ2v) is 7.07. The molecule has 0 aromatic rings. The van der Waals surface area contributed by atoms with Crippen molar-refractivity contribution in [1.82, 2.24) is 14.7 Å². The summed E-state index contributed by atoms with van der Waals surface area (Å²) >= 11 is 0. The fourth-order valence-corrected chi connectivity index (χ4v) is 3.72. The van der Waals surface area contributed by atoms with Gasteiger partial charge in [0, 0.05) is 52.5 Å². The summed E-state index contributed by atoms with van der Waals surface area (Å²) < 4.78 is 10.6. The van der Waals surface area contributed by atoms with Crippen LogP contribution in [0.3, 0.4) is 0 Å². The molecule has 3 fully saturated rings. The smallest absolute Gasteiger partial charge is 0.239 e. The lowest BCUT2D eigenvalue weighted by Crippen LogP contribution is -2.56. The maximum atomic E-state index is 12.6. The molecule has 158 valence electrons. The van der Waals surface area contributed by atoms with Crippen LogP contribution in [-0.4, -0.2) is 105 Å². The van der Waals surface area contributed by atoms with E-state index in [2.05, 4.69) is 4.90 Å². The quantitative estimate of drug-likeness (QED) is 0.656. The van der Waals surface area contributed by atoms with Crippen molar-refractivity contribution in [2.24, 2.45) is 11.7 Å². The van der Waals surface area contributed by atoms with Crippen LogP contribution >= 0.6 is 24.8 Å². The minimum atomic E-state index is -0.426. The van der Waals surface area contributed by atoms with E-state index >= 15 is 0 Å². The van der Waals surface area contributed by atoms with Crippen molar-refractivity contribution in [2.45, 2.75) is 18.9 Å².